The molecule has 0 heterocycles. The number of rotatable bonds is 7. The Kier molecular flexibility index (Phi) is 8.23. The van der Waals surface area contributed by atoms with Crippen LogP contribution in [0.4, 0.5) is 0 Å². The van der Waals surface area contributed by atoms with Crippen molar-refractivity contribution in [2.45, 2.75) is 130 Å². The third-order valence-electron chi connectivity index (χ3n) is 12.7. The average molecular weight is 557 g/mol. The molecule has 0 amide bonds. The maximum Gasteiger partial charge on any atom is 0.397 e. The van der Waals surface area contributed by atoms with Crippen molar-refractivity contribution in [3.63, 3.8) is 0 Å². The van der Waals surface area contributed by atoms with Gasteiger partial charge in [-0.3, -0.25) is 4.55 Å². The fraction of sp³-hybridized carbons (Fsp3) is 1.00. The number of hydrogen-bond donors (Lipinski definition) is 1. The molecule has 0 aromatic heterocycles. The van der Waals surface area contributed by atoms with Crippen LogP contribution in [0.1, 0.15) is 106 Å². The van der Waals surface area contributed by atoms with Gasteiger partial charge in [-0.25, -0.2) is 4.18 Å². The average Bonchev–Trinajstić information content (AvgIpc) is 3.10. The first-order valence-electron chi connectivity index (χ1n) is 15.2. The van der Waals surface area contributed by atoms with Crippen LogP contribution in [0.3, 0.4) is 0 Å². The van der Waals surface area contributed by atoms with E-state index in [0.29, 0.717) is 41.6 Å². The molecule has 3 unspecified atom stereocenters. The van der Waals surface area contributed by atoms with Crippen LogP contribution in [0.25, 0.3) is 0 Å². The Morgan fingerprint density at radius 3 is 2.24 bits per heavy atom. The molecule has 5 nitrogen and oxygen atoms in total. The monoisotopic (exact) mass is 556 g/mol. The third-order valence-corrected chi connectivity index (χ3v) is 17.7. The van der Waals surface area contributed by atoms with Gasteiger partial charge in [-0.2, -0.15) is 8.42 Å². The summed E-state index contributed by atoms with van der Waals surface area (Å²) in [5.41, 5.74) is 0.706. The zero-order valence-electron chi connectivity index (χ0n) is 25.2. The molecule has 0 spiro atoms. The molecular weight excluding hydrogens is 500 g/mol. The number of fused-ring (bicyclic) bond motifs is 5. The highest BCUT2D eigenvalue weighted by Gasteiger charge is 2.63. The van der Waals surface area contributed by atoms with Crippen LogP contribution in [0.15, 0.2) is 0 Å². The van der Waals surface area contributed by atoms with E-state index < -0.39 is 18.7 Å². The van der Waals surface area contributed by atoms with Crippen molar-refractivity contribution in [1.82, 2.24) is 0 Å². The van der Waals surface area contributed by atoms with E-state index >= 15 is 0 Å². The molecule has 4 fully saturated rings. The zero-order chi connectivity index (χ0) is 27.6. The second-order valence-corrected chi connectivity index (χ2v) is 21.6. The van der Waals surface area contributed by atoms with Gasteiger partial charge in [-0.1, -0.05) is 54.9 Å². The van der Waals surface area contributed by atoms with Crippen LogP contribution in [0, 0.1) is 52.3 Å². The molecule has 0 bridgehead atoms. The molecule has 37 heavy (non-hydrogen) atoms. The van der Waals surface area contributed by atoms with E-state index in [0.717, 1.165) is 17.8 Å². The van der Waals surface area contributed by atoms with Crippen LogP contribution in [-0.2, 0) is 19.0 Å². The minimum absolute atomic E-state index is 0.0678. The Morgan fingerprint density at radius 2 is 1.62 bits per heavy atom. The van der Waals surface area contributed by atoms with Gasteiger partial charge in [0.25, 0.3) is 0 Å². The minimum Gasteiger partial charge on any atom is -0.414 e. The van der Waals surface area contributed by atoms with Crippen LogP contribution in [0.5, 0.6) is 0 Å². The van der Waals surface area contributed by atoms with Crippen molar-refractivity contribution < 1.29 is 21.6 Å². The van der Waals surface area contributed by atoms with Gasteiger partial charge in [0.1, 0.15) is 0 Å². The quantitative estimate of drug-likeness (QED) is 0.253. The van der Waals surface area contributed by atoms with Crippen molar-refractivity contribution in [3.8, 4) is 0 Å². The lowest BCUT2D eigenvalue weighted by Crippen LogP contribution is -2.60. The molecule has 0 saturated heterocycles. The molecule has 0 aliphatic heterocycles. The van der Waals surface area contributed by atoms with E-state index in [4.69, 9.17) is 13.2 Å². The molecule has 4 aliphatic rings. The third kappa shape index (κ3) is 5.64. The summed E-state index contributed by atoms with van der Waals surface area (Å²) >= 11 is 0. The van der Waals surface area contributed by atoms with Crippen molar-refractivity contribution in [2.24, 2.45) is 52.3 Å². The Labute approximate surface area is 229 Å². The van der Waals surface area contributed by atoms with Gasteiger partial charge in [-0.15, -0.1) is 0 Å². The first-order valence-corrected chi connectivity index (χ1v) is 19.5. The summed E-state index contributed by atoms with van der Waals surface area (Å²) in [7, 11) is -6.28. The fourth-order valence-corrected chi connectivity index (χ4v) is 11.3. The second kappa shape index (κ2) is 10.1. The first-order chi connectivity index (χ1) is 16.9. The predicted octanol–water partition coefficient (Wildman–Crippen LogP) is 8.13. The molecule has 0 aromatic carbocycles. The van der Waals surface area contributed by atoms with Crippen molar-refractivity contribution in [2.75, 3.05) is 6.61 Å². The highest BCUT2D eigenvalue weighted by molar-refractivity contribution is 7.80. The molecule has 7 heteroatoms. The first kappa shape index (κ1) is 30.0. The summed E-state index contributed by atoms with van der Waals surface area (Å²) in [4.78, 5) is 0. The lowest BCUT2D eigenvalue weighted by Gasteiger charge is -2.64. The van der Waals surface area contributed by atoms with E-state index in [1.54, 1.807) is 0 Å². The molecule has 0 aromatic rings. The Bertz CT molecular complexity index is 929. The summed E-state index contributed by atoms with van der Waals surface area (Å²) in [6.45, 7) is 22.0. The maximum atomic E-state index is 11.1. The highest BCUT2D eigenvalue weighted by atomic mass is 32.3. The zero-order valence-corrected chi connectivity index (χ0v) is 27.0. The second-order valence-electron chi connectivity index (χ2n) is 15.8. The van der Waals surface area contributed by atoms with Gasteiger partial charge in [0, 0.05) is 6.10 Å². The van der Waals surface area contributed by atoms with Gasteiger partial charge in [0.2, 0.25) is 0 Å². The molecular formula is C30H56O5SSi. The van der Waals surface area contributed by atoms with Gasteiger partial charge < -0.3 is 4.43 Å². The van der Waals surface area contributed by atoms with E-state index in [9.17, 15) is 8.42 Å². The smallest absolute Gasteiger partial charge is 0.397 e. The summed E-state index contributed by atoms with van der Waals surface area (Å²) in [5, 5.41) is 0.209. The molecule has 0 radical (unpaired) electrons. The summed E-state index contributed by atoms with van der Waals surface area (Å²) < 4.78 is 43.3. The van der Waals surface area contributed by atoms with Crippen LogP contribution >= 0.6 is 0 Å². The summed E-state index contributed by atoms with van der Waals surface area (Å²) in [5.74, 6) is 4.61. The summed E-state index contributed by atoms with van der Waals surface area (Å²) in [6.07, 6.45) is 11.5. The SMILES string of the molecule is C[C@@H]1CC[C@]2(C)C3CC[C@@]4(C)C(CC[C@@H]4[C@H](C)CCOS(=O)(=O)O)C3[C@@H](O[Si](C)(C)C(C)(C)C)C[C@@H]2C1. The van der Waals surface area contributed by atoms with Crippen LogP contribution in [-0.4, -0.2) is 34.0 Å². The highest BCUT2D eigenvalue weighted by Crippen LogP contribution is 2.69. The topological polar surface area (TPSA) is 72.8 Å². The normalized spacial score (nSPS) is 43.6. The van der Waals surface area contributed by atoms with Crippen molar-refractivity contribution in [1.29, 1.82) is 0 Å². The number of hydrogen-bond acceptors (Lipinski definition) is 4. The molecule has 4 aliphatic carbocycles. The van der Waals surface area contributed by atoms with Crippen LogP contribution < -0.4 is 0 Å². The van der Waals surface area contributed by atoms with Gasteiger partial charge in [0.15, 0.2) is 8.32 Å². The van der Waals surface area contributed by atoms with E-state index in [2.05, 4.69) is 61.6 Å². The predicted molar refractivity (Wildman–Crippen MR) is 153 cm³/mol. The van der Waals surface area contributed by atoms with Gasteiger partial charge in [-0.05, 0) is 122 Å². The molecule has 4 saturated carbocycles. The lowest BCUT2D eigenvalue weighted by atomic mass is 9.43. The van der Waals surface area contributed by atoms with Gasteiger partial charge in [0.05, 0.1) is 6.61 Å². The minimum atomic E-state index is -4.37. The summed E-state index contributed by atoms with van der Waals surface area (Å²) in [6, 6.07) is 0. The Balaban J connectivity index is 1.62. The van der Waals surface area contributed by atoms with Gasteiger partial charge >= 0.3 is 10.4 Å². The Morgan fingerprint density at radius 1 is 1.00 bits per heavy atom. The standard InChI is InChI=1S/C30H56O5SSi/c1-20-12-15-29(6)22(18-20)19-26(35-37(8,9)28(3,4)5)27-24-11-10-23(30(24,7)16-13-25(27)29)21(2)14-17-34-36(31,32)33/h20-27H,10-19H2,1-9H3,(H,31,32,33)/t20-,21-,22+,23-,24?,25?,26+,27?,29+,30-/m1/s1. The van der Waals surface area contributed by atoms with E-state index in [-0.39, 0.29) is 17.1 Å². The molecule has 216 valence electrons. The van der Waals surface area contributed by atoms with Crippen LogP contribution in [0.2, 0.25) is 18.1 Å². The van der Waals surface area contributed by atoms with E-state index in [1.807, 2.05) is 0 Å². The molecule has 4 rings (SSSR count). The molecule has 10 atom stereocenters. The van der Waals surface area contributed by atoms with E-state index in [1.165, 1.54) is 51.4 Å². The largest absolute Gasteiger partial charge is 0.414 e. The lowest BCUT2D eigenvalue weighted by molar-refractivity contribution is -0.165. The van der Waals surface area contributed by atoms with Crippen molar-refractivity contribution in [3.05, 3.63) is 0 Å². The fourth-order valence-electron chi connectivity index (χ4n) is 9.61. The maximum absolute atomic E-state index is 11.1. The molecule has 1 N–H and O–H groups in total. The Hall–Kier alpha value is 0.0469. The van der Waals surface area contributed by atoms with Crippen molar-refractivity contribution >= 4 is 18.7 Å².